The van der Waals surface area contributed by atoms with Crippen LogP contribution in [-0.2, 0) is 0 Å². The van der Waals surface area contributed by atoms with Crippen molar-refractivity contribution in [3.05, 3.63) is 75.8 Å². The van der Waals surface area contributed by atoms with Crippen molar-refractivity contribution in [3.63, 3.8) is 0 Å². The summed E-state index contributed by atoms with van der Waals surface area (Å²) in [6, 6.07) is 17.0. The maximum Gasteiger partial charge on any atom is 0.255 e. The summed E-state index contributed by atoms with van der Waals surface area (Å²) >= 11 is 13.9. The number of carbonyl (C=O) groups is 1. The highest BCUT2D eigenvalue weighted by atomic mass is 35.5. The fraction of sp³-hybridized carbons (Fsp3) is 0.0909. The largest absolute Gasteiger partial charge is 0.494 e. The van der Waals surface area contributed by atoms with Gasteiger partial charge in [0.15, 0.2) is 5.75 Å². The molecule has 0 fully saturated rings. The zero-order chi connectivity index (χ0) is 20.5. The Kier molecular flexibility index (Phi) is 5.46. The average molecular weight is 443 g/mol. The van der Waals surface area contributed by atoms with E-state index >= 15 is 0 Å². The number of para-hydroxylation sites is 1. The van der Waals surface area contributed by atoms with E-state index in [2.05, 4.69) is 16.4 Å². The molecule has 7 heteroatoms. The van der Waals surface area contributed by atoms with Gasteiger partial charge in [-0.1, -0.05) is 35.3 Å². The molecule has 0 aliphatic rings. The third kappa shape index (κ3) is 3.94. The summed E-state index contributed by atoms with van der Waals surface area (Å²) in [5.74, 6) is 0.0496. The first-order valence-electron chi connectivity index (χ1n) is 8.77. The molecule has 4 nitrogen and oxygen atoms in total. The van der Waals surface area contributed by atoms with Gasteiger partial charge in [-0.25, -0.2) is 4.98 Å². The third-order valence-electron chi connectivity index (χ3n) is 4.48. The van der Waals surface area contributed by atoms with E-state index in [0.29, 0.717) is 17.0 Å². The van der Waals surface area contributed by atoms with Gasteiger partial charge in [0.05, 0.1) is 27.4 Å². The monoisotopic (exact) mass is 442 g/mol. The van der Waals surface area contributed by atoms with Crippen molar-refractivity contribution in [2.24, 2.45) is 0 Å². The smallest absolute Gasteiger partial charge is 0.255 e. The number of carbonyl (C=O) groups excluding carboxylic acids is 1. The number of anilines is 1. The van der Waals surface area contributed by atoms with E-state index in [1.807, 2.05) is 43.3 Å². The zero-order valence-corrected chi connectivity index (χ0v) is 18.0. The fourth-order valence-electron chi connectivity index (χ4n) is 3.01. The first-order valence-corrected chi connectivity index (χ1v) is 10.3. The van der Waals surface area contributed by atoms with Crippen molar-refractivity contribution < 1.29 is 9.53 Å². The molecule has 1 aromatic heterocycles. The van der Waals surface area contributed by atoms with Crippen LogP contribution in [0.3, 0.4) is 0 Å². The Bertz CT molecular complexity index is 1180. The van der Waals surface area contributed by atoms with E-state index in [1.54, 1.807) is 11.3 Å². The molecule has 0 radical (unpaired) electrons. The SMILES string of the molecule is COc1c(Cl)cc(C(=O)Nc2ccc(-c3nc4ccccc4s3)cc2C)cc1Cl. The number of aryl methyl sites for hydroxylation is 1. The van der Waals surface area contributed by atoms with Crippen LogP contribution >= 0.6 is 34.5 Å². The number of benzene rings is 3. The summed E-state index contributed by atoms with van der Waals surface area (Å²) in [6.07, 6.45) is 0. The van der Waals surface area contributed by atoms with Crippen LogP contribution in [0.2, 0.25) is 10.0 Å². The topological polar surface area (TPSA) is 51.2 Å². The lowest BCUT2D eigenvalue weighted by Gasteiger charge is -2.11. The summed E-state index contributed by atoms with van der Waals surface area (Å²) in [7, 11) is 1.48. The minimum absolute atomic E-state index is 0.285. The van der Waals surface area contributed by atoms with Crippen LogP contribution in [0.4, 0.5) is 5.69 Å². The number of fused-ring (bicyclic) bond motifs is 1. The molecule has 0 aliphatic heterocycles. The van der Waals surface area contributed by atoms with E-state index in [1.165, 1.54) is 19.2 Å². The quantitative estimate of drug-likeness (QED) is 0.376. The Labute approximate surface area is 182 Å². The number of hydrogen-bond acceptors (Lipinski definition) is 4. The lowest BCUT2D eigenvalue weighted by atomic mass is 10.1. The summed E-state index contributed by atoms with van der Waals surface area (Å²) < 4.78 is 6.27. The number of halogens is 2. The zero-order valence-electron chi connectivity index (χ0n) is 15.6. The van der Waals surface area contributed by atoms with Crippen LogP contribution in [0, 0.1) is 6.92 Å². The summed E-state index contributed by atoms with van der Waals surface area (Å²) in [6.45, 7) is 1.94. The van der Waals surface area contributed by atoms with E-state index in [4.69, 9.17) is 27.9 Å². The number of ether oxygens (including phenoxy) is 1. The number of aromatic nitrogens is 1. The molecule has 0 spiro atoms. The predicted octanol–water partition coefficient (Wildman–Crippen LogP) is 6.84. The Morgan fingerprint density at radius 1 is 1.07 bits per heavy atom. The fourth-order valence-corrected chi connectivity index (χ4v) is 4.62. The first-order chi connectivity index (χ1) is 14.0. The maximum absolute atomic E-state index is 12.7. The number of thiazole rings is 1. The van der Waals surface area contributed by atoms with Crippen molar-refractivity contribution in [1.82, 2.24) is 4.98 Å². The molecular formula is C22H16Cl2N2O2S. The average Bonchev–Trinajstić information content (AvgIpc) is 3.13. The normalized spacial score (nSPS) is 10.9. The van der Waals surface area contributed by atoms with Gasteiger partial charge in [-0.2, -0.15) is 0 Å². The number of rotatable bonds is 4. The molecule has 1 N–H and O–H groups in total. The van der Waals surface area contributed by atoms with Crippen LogP contribution in [0.5, 0.6) is 5.75 Å². The van der Waals surface area contributed by atoms with Crippen LogP contribution < -0.4 is 10.1 Å². The van der Waals surface area contributed by atoms with Gasteiger partial charge in [-0.15, -0.1) is 11.3 Å². The molecule has 0 saturated heterocycles. The second kappa shape index (κ2) is 8.03. The number of hydrogen-bond donors (Lipinski definition) is 1. The molecular weight excluding hydrogens is 427 g/mol. The predicted molar refractivity (Wildman–Crippen MR) is 121 cm³/mol. The van der Waals surface area contributed by atoms with Gasteiger partial charge in [-0.3, -0.25) is 4.79 Å². The Morgan fingerprint density at radius 2 is 1.79 bits per heavy atom. The van der Waals surface area contributed by atoms with Gasteiger partial charge in [0.25, 0.3) is 5.91 Å². The second-order valence-corrected chi connectivity index (χ2v) is 8.29. The Morgan fingerprint density at radius 3 is 2.45 bits per heavy atom. The molecule has 1 heterocycles. The van der Waals surface area contributed by atoms with E-state index < -0.39 is 0 Å². The van der Waals surface area contributed by atoms with Crippen LogP contribution in [-0.4, -0.2) is 18.0 Å². The molecule has 0 unspecified atom stereocenters. The van der Waals surface area contributed by atoms with Crippen molar-refractivity contribution in [3.8, 4) is 16.3 Å². The minimum Gasteiger partial charge on any atom is -0.494 e. The van der Waals surface area contributed by atoms with Crippen LogP contribution in [0.15, 0.2) is 54.6 Å². The first kappa shape index (κ1) is 19.7. The van der Waals surface area contributed by atoms with E-state index in [-0.39, 0.29) is 16.0 Å². The Balaban J connectivity index is 1.59. The number of nitrogens with one attached hydrogen (secondary N) is 1. The van der Waals surface area contributed by atoms with E-state index in [9.17, 15) is 4.79 Å². The third-order valence-corrected chi connectivity index (χ3v) is 6.13. The standard InChI is InChI=1S/C22H16Cl2N2O2S/c1-12-9-13(22-26-18-5-3-4-6-19(18)29-22)7-8-17(12)25-21(27)14-10-15(23)20(28-2)16(24)11-14/h3-11H,1-2H3,(H,25,27). The van der Waals surface area contributed by atoms with Gasteiger partial charge in [-0.05, 0) is 55.0 Å². The van der Waals surface area contributed by atoms with Crippen molar-refractivity contribution in [1.29, 1.82) is 0 Å². The molecule has 4 aromatic rings. The van der Waals surface area contributed by atoms with Crippen molar-refractivity contribution in [2.75, 3.05) is 12.4 Å². The van der Waals surface area contributed by atoms with Crippen molar-refractivity contribution >= 4 is 56.3 Å². The highest BCUT2D eigenvalue weighted by Gasteiger charge is 2.15. The van der Waals surface area contributed by atoms with Gasteiger partial charge in [0, 0.05) is 16.8 Å². The number of amides is 1. The lowest BCUT2D eigenvalue weighted by Crippen LogP contribution is -2.13. The summed E-state index contributed by atoms with van der Waals surface area (Å²) in [5, 5.41) is 4.43. The number of methoxy groups -OCH3 is 1. The molecule has 0 bridgehead atoms. The number of nitrogens with zero attached hydrogens (tertiary/aromatic N) is 1. The molecule has 3 aromatic carbocycles. The summed E-state index contributed by atoms with van der Waals surface area (Å²) in [5.41, 5.74) is 3.99. The molecule has 146 valence electrons. The molecule has 1 amide bonds. The molecule has 29 heavy (non-hydrogen) atoms. The molecule has 0 aliphatic carbocycles. The molecule has 4 rings (SSSR count). The van der Waals surface area contributed by atoms with Crippen LogP contribution in [0.1, 0.15) is 15.9 Å². The highest BCUT2D eigenvalue weighted by molar-refractivity contribution is 7.21. The lowest BCUT2D eigenvalue weighted by molar-refractivity contribution is 0.102. The van der Waals surface area contributed by atoms with E-state index in [0.717, 1.165) is 26.4 Å². The van der Waals surface area contributed by atoms with Gasteiger partial charge < -0.3 is 10.1 Å². The van der Waals surface area contributed by atoms with Gasteiger partial charge >= 0.3 is 0 Å². The molecule has 0 atom stereocenters. The minimum atomic E-state index is -0.299. The summed E-state index contributed by atoms with van der Waals surface area (Å²) in [4.78, 5) is 17.4. The second-order valence-electron chi connectivity index (χ2n) is 6.44. The van der Waals surface area contributed by atoms with Crippen molar-refractivity contribution in [2.45, 2.75) is 6.92 Å². The van der Waals surface area contributed by atoms with Crippen LogP contribution in [0.25, 0.3) is 20.8 Å². The maximum atomic E-state index is 12.7. The van der Waals surface area contributed by atoms with Gasteiger partial charge in [0.1, 0.15) is 5.01 Å². The molecule has 0 saturated carbocycles. The van der Waals surface area contributed by atoms with Gasteiger partial charge in [0.2, 0.25) is 0 Å². The Hall–Kier alpha value is -2.60. The highest BCUT2D eigenvalue weighted by Crippen LogP contribution is 2.35.